The molecule has 3 N–H and O–H groups in total. The summed E-state index contributed by atoms with van der Waals surface area (Å²) in [6, 6.07) is 17.2. The molecule has 0 aromatic heterocycles. The maximum atomic E-state index is 16.0. The molecular weight excluding hydrogens is 539 g/mol. The van der Waals surface area contributed by atoms with E-state index in [9.17, 15) is 14.7 Å². The van der Waals surface area contributed by atoms with Crippen LogP contribution in [0, 0.1) is 5.82 Å². The Morgan fingerprint density at radius 1 is 1.12 bits per heavy atom. The minimum absolute atomic E-state index is 0.107. The number of para-hydroxylation sites is 1. The topological polar surface area (TPSA) is 106 Å². The molecule has 0 bridgehead atoms. The molecule has 3 aromatic rings. The number of hydrogen-bond acceptors (Lipinski definition) is 6. The van der Waals surface area contributed by atoms with Crippen LogP contribution in [-0.2, 0) is 27.3 Å². The summed E-state index contributed by atoms with van der Waals surface area (Å²) in [6.45, 7) is 8.52. The fraction of sp³-hybridized carbons (Fsp3) is 0.394. The van der Waals surface area contributed by atoms with Crippen molar-refractivity contribution in [2.75, 3.05) is 18.5 Å². The van der Waals surface area contributed by atoms with E-state index in [2.05, 4.69) is 10.6 Å². The number of nitrogens with one attached hydrogen (secondary N) is 2. The van der Waals surface area contributed by atoms with E-state index >= 15 is 4.39 Å². The van der Waals surface area contributed by atoms with E-state index in [1.165, 1.54) is 0 Å². The molecule has 4 rings (SSSR count). The monoisotopic (exact) mass is 578 g/mol. The number of carboxylic acids is 1. The Morgan fingerprint density at radius 2 is 1.90 bits per heavy atom. The Morgan fingerprint density at radius 3 is 2.62 bits per heavy atom. The van der Waals surface area contributed by atoms with Crippen LogP contribution in [-0.4, -0.2) is 42.0 Å². The number of amides is 1. The highest BCUT2D eigenvalue weighted by atomic mass is 19.1. The lowest BCUT2D eigenvalue weighted by molar-refractivity contribution is -0.136. The molecule has 1 aliphatic rings. The lowest BCUT2D eigenvalue weighted by Crippen LogP contribution is -2.34. The van der Waals surface area contributed by atoms with Gasteiger partial charge in [-0.25, -0.2) is 9.18 Å². The second kappa shape index (κ2) is 13.7. The average Bonchev–Trinajstić information content (AvgIpc) is 3.44. The summed E-state index contributed by atoms with van der Waals surface area (Å²) >= 11 is 0. The van der Waals surface area contributed by atoms with Crippen LogP contribution in [0.25, 0.3) is 11.1 Å². The number of rotatable bonds is 11. The molecule has 42 heavy (non-hydrogen) atoms. The van der Waals surface area contributed by atoms with Gasteiger partial charge in [0.05, 0.1) is 18.6 Å². The molecule has 1 saturated heterocycles. The number of carbonyl (C=O) groups is 2. The minimum atomic E-state index is -0.945. The third-order valence-electron chi connectivity index (χ3n) is 6.80. The number of anilines is 1. The maximum Gasteiger partial charge on any atom is 0.408 e. The van der Waals surface area contributed by atoms with Gasteiger partial charge < -0.3 is 30.0 Å². The van der Waals surface area contributed by atoms with Crippen LogP contribution >= 0.6 is 0 Å². The largest absolute Gasteiger partial charge is 0.489 e. The summed E-state index contributed by atoms with van der Waals surface area (Å²) in [5.74, 6) is -0.912. The van der Waals surface area contributed by atoms with E-state index in [0.717, 1.165) is 30.7 Å². The van der Waals surface area contributed by atoms with Gasteiger partial charge in [0.15, 0.2) is 0 Å². The third-order valence-corrected chi connectivity index (χ3v) is 6.80. The molecule has 0 saturated carbocycles. The average molecular weight is 579 g/mol. The molecule has 0 radical (unpaired) electrons. The summed E-state index contributed by atoms with van der Waals surface area (Å²) in [5, 5.41) is 15.4. The lowest BCUT2D eigenvalue weighted by Gasteiger charge is -2.22. The van der Waals surface area contributed by atoms with Gasteiger partial charge in [-0.3, -0.25) is 4.79 Å². The summed E-state index contributed by atoms with van der Waals surface area (Å²) < 4.78 is 33.1. The highest BCUT2D eigenvalue weighted by Crippen LogP contribution is 2.32. The first-order valence-corrected chi connectivity index (χ1v) is 14.2. The van der Waals surface area contributed by atoms with Gasteiger partial charge in [-0.05, 0) is 75.9 Å². The van der Waals surface area contributed by atoms with Crippen LogP contribution in [0.1, 0.15) is 63.3 Å². The van der Waals surface area contributed by atoms with Crippen molar-refractivity contribution in [1.82, 2.24) is 5.32 Å². The van der Waals surface area contributed by atoms with Gasteiger partial charge in [0, 0.05) is 35.5 Å². The van der Waals surface area contributed by atoms with Crippen molar-refractivity contribution < 1.29 is 33.3 Å². The molecule has 1 heterocycles. The molecule has 9 heteroatoms. The van der Waals surface area contributed by atoms with Gasteiger partial charge in [-0.1, -0.05) is 36.4 Å². The smallest absolute Gasteiger partial charge is 0.408 e. The lowest BCUT2D eigenvalue weighted by atomic mass is 9.97. The van der Waals surface area contributed by atoms with Gasteiger partial charge in [0.1, 0.15) is 23.8 Å². The van der Waals surface area contributed by atoms with E-state index in [4.69, 9.17) is 14.2 Å². The fourth-order valence-electron chi connectivity index (χ4n) is 4.85. The Hall–Kier alpha value is -4.11. The summed E-state index contributed by atoms with van der Waals surface area (Å²) in [7, 11) is 0. The summed E-state index contributed by atoms with van der Waals surface area (Å²) in [6.07, 6.45) is 1.33. The number of benzene rings is 3. The van der Waals surface area contributed by atoms with Crippen molar-refractivity contribution in [1.29, 1.82) is 0 Å². The summed E-state index contributed by atoms with van der Waals surface area (Å²) in [4.78, 5) is 23.6. The standard InChI is InChI=1S/C33H39FN2O6/c1-21(36-32(39)42-33(2,3)4)27-11-7-12-28(31(27)34)24-15-22(16-25(17-24)35-19-26-10-8-14-40-26)20-41-29-13-6-5-9-23(29)18-30(37)38/h5-7,9,11-13,15-17,21,26,35H,8,10,14,18-20H2,1-4H3,(H,36,39)(H,37,38)/t21-,26+/m1/s1. The van der Waals surface area contributed by atoms with E-state index in [1.807, 2.05) is 18.2 Å². The first-order valence-electron chi connectivity index (χ1n) is 14.2. The van der Waals surface area contributed by atoms with E-state index in [1.54, 1.807) is 70.2 Å². The number of halogens is 1. The van der Waals surface area contributed by atoms with Crippen molar-refractivity contribution in [3.63, 3.8) is 0 Å². The number of aliphatic carboxylic acids is 1. The molecule has 0 unspecified atom stereocenters. The predicted molar refractivity (Wildman–Crippen MR) is 159 cm³/mol. The molecule has 3 aromatic carbocycles. The molecule has 0 aliphatic carbocycles. The van der Waals surface area contributed by atoms with Gasteiger partial charge in [-0.15, -0.1) is 0 Å². The van der Waals surface area contributed by atoms with E-state index < -0.39 is 29.5 Å². The zero-order valence-electron chi connectivity index (χ0n) is 24.5. The van der Waals surface area contributed by atoms with Gasteiger partial charge in [0.25, 0.3) is 0 Å². The number of hydrogen-bond donors (Lipinski definition) is 3. The third kappa shape index (κ3) is 8.69. The normalized spacial score (nSPS) is 15.6. The maximum absolute atomic E-state index is 16.0. The number of carbonyl (C=O) groups excluding carboxylic acids is 1. The van der Waals surface area contributed by atoms with Gasteiger partial charge in [0.2, 0.25) is 0 Å². The highest BCUT2D eigenvalue weighted by molar-refractivity contribution is 5.72. The van der Waals surface area contributed by atoms with E-state index in [0.29, 0.717) is 34.5 Å². The van der Waals surface area contributed by atoms with Crippen LogP contribution in [0.5, 0.6) is 5.75 Å². The van der Waals surface area contributed by atoms with Gasteiger partial charge in [-0.2, -0.15) is 0 Å². The Labute approximate surface area is 246 Å². The van der Waals surface area contributed by atoms with Crippen LogP contribution in [0.15, 0.2) is 60.7 Å². The summed E-state index contributed by atoms with van der Waals surface area (Å²) in [5.41, 5.74) is 2.79. The molecule has 2 atom stereocenters. The molecule has 8 nitrogen and oxygen atoms in total. The fourth-order valence-corrected chi connectivity index (χ4v) is 4.85. The zero-order valence-corrected chi connectivity index (χ0v) is 24.5. The van der Waals surface area contributed by atoms with Crippen LogP contribution in [0.3, 0.4) is 0 Å². The Kier molecular flexibility index (Phi) is 10.1. The predicted octanol–water partition coefficient (Wildman–Crippen LogP) is 6.88. The zero-order chi connectivity index (χ0) is 30.3. The van der Waals surface area contributed by atoms with Crippen LogP contribution < -0.4 is 15.4 Å². The Bertz CT molecular complexity index is 1400. The molecule has 1 amide bonds. The Balaban J connectivity index is 1.61. The number of carboxylic acid groups (broad SMARTS) is 1. The van der Waals surface area contributed by atoms with Crippen molar-refractivity contribution >= 4 is 17.7 Å². The number of ether oxygens (including phenoxy) is 3. The van der Waals surface area contributed by atoms with Crippen molar-refractivity contribution in [2.45, 2.75) is 71.3 Å². The second-order valence-corrected chi connectivity index (χ2v) is 11.5. The van der Waals surface area contributed by atoms with Crippen LogP contribution in [0.4, 0.5) is 14.9 Å². The number of alkyl carbamates (subject to hydrolysis) is 1. The molecule has 1 fully saturated rings. The van der Waals surface area contributed by atoms with Crippen molar-refractivity contribution in [3.8, 4) is 16.9 Å². The first kappa shape index (κ1) is 30.8. The quantitative estimate of drug-likeness (QED) is 0.228. The minimum Gasteiger partial charge on any atom is -0.489 e. The van der Waals surface area contributed by atoms with E-state index in [-0.39, 0.29) is 19.1 Å². The first-order chi connectivity index (χ1) is 20.0. The molecule has 224 valence electrons. The second-order valence-electron chi connectivity index (χ2n) is 11.5. The highest BCUT2D eigenvalue weighted by Gasteiger charge is 2.22. The van der Waals surface area contributed by atoms with Gasteiger partial charge >= 0.3 is 12.1 Å². The van der Waals surface area contributed by atoms with Crippen molar-refractivity contribution in [3.05, 3.63) is 83.2 Å². The molecule has 1 aliphatic heterocycles. The van der Waals surface area contributed by atoms with Crippen molar-refractivity contribution in [2.24, 2.45) is 0 Å². The SMILES string of the molecule is C[C@@H](NC(=O)OC(C)(C)C)c1cccc(-c2cc(COc3ccccc3CC(=O)O)cc(NC[C@@H]3CCCO3)c2)c1F. The molecule has 0 spiro atoms. The molecular formula is C33H39FN2O6. The van der Waals surface area contributed by atoms with Crippen LogP contribution in [0.2, 0.25) is 0 Å².